The zero-order valence-corrected chi connectivity index (χ0v) is 19.0. The summed E-state index contributed by atoms with van der Waals surface area (Å²) in [6.45, 7) is 2.95. The van der Waals surface area contributed by atoms with Crippen LogP contribution in [0.15, 0.2) is 28.9 Å². The minimum absolute atomic E-state index is 0.0421. The van der Waals surface area contributed by atoms with Crippen molar-refractivity contribution < 1.29 is 25.8 Å². The second-order valence-electron chi connectivity index (χ2n) is 6.08. The highest BCUT2D eigenvalue weighted by Gasteiger charge is 2.25. The van der Waals surface area contributed by atoms with E-state index in [0.29, 0.717) is 17.1 Å². The van der Waals surface area contributed by atoms with Crippen molar-refractivity contribution in [3.05, 3.63) is 34.4 Å². The minimum atomic E-state index is -3.77. The van der Waals surface area contributed by atoms with Crippen LogP contribution >= 0.6 is 23.1 Å². The highest BCUT2D eigenvalue weighted by Crippen LogP contribution is 2.27. The summed E-state index contributed by atoms with van der Waals surface area (Å²) >= 11 is 6.63. The number of sulfone groups is 1. The number of carbonyl (C=O) groups is 1. The summed E-state index contributed by atoms with van der Waals surface area (Å²) in [5, 5.41) is 10.3. The molecule has 160 valence electrons. The Labute approximate surface area is 182 Å². The standard InChI is InChI=1S/C16H15ClN4O6S3/c1-9(2)30(25,26)16-20-15(28-21-16)19-14(22)11(8-18)6-10-4-5-13(12(17)7-10)27-29(3,23)24/h4-7,9H,1-3H3,(H,19,20,21,22)/b11-6-. The van der Waals surface area contributed by atoms with Gasteiger partial charge in [-0.15, -0.1) is 0 Å². The van der Waals surface area contributed by atoms with E-state index in [1.54, 1.807) is 6.07 Å². The molecule has 1 aromatic carbocycles. The summed E-state index contributed by atoms with van der Waals surface area (Å²) in [4.78, 5) is 16.1. The molecule has 0 aliphatic rings. The van der Waals surface area contributed by atoms with E-state index in [1.165, 1.54) is 38.1 Å². The van der Waals surface area contributed by atoms with Crippen molar-refractivity contribution in [3.63, 3.8) is 0 Å². The van der Waals surface area contributed by atoms with Crippen LogP contribution in [0.4, 0.5) is 5.13 Å². The molecule has 0 aliphatic heterocycles. The van der Waals surface area contributed by atoms with Crippen LogP contribution in [0.3, 0.4) is 0 Å². The van der Waals surface area contributed by atoms with E-state index < -0.39 is 36.3 Å². The molecule has 2 aromatic rings. The maximum absolute atomic E-state index is 12.3. The number of nitrogens with one attached hydrogen (secondary N) is 1. The molecule has 0 saturated carbocycles. The van der Waals surface area contributed by atoms with Gasteiger partial charge in [0.1, 0.15) is 11.6 Å². The van der Waals surface area contributed by atoms with Gasteiger partial charge in [-0.05, 0) is 37.6 Å². The molecule has 0 unspecified atom stereocenters. The fourth-order valence-electron chi connectivity index (χ4n) is 1.90. The van der Waals surface area contributed by atoms with Gasteiger partial charge in [-0.3, -0.25) is 10.1 Å². The third kappa shape index (κ3) is 5.99. The molecule has 0 radical (unpaired) electrons. The van der Waals surface area contributed by atoms with Crippen LogP contribution in [0.2, 0.25) is 5.02 Å². The molecule has 30 heavy (non-hydrogen) atoms. The number of nitriles is 1. The monoisotopic (exact) mass is 490 g/mol. The normalized spacial score (nSPS) is 12.5. The second kappa shape index (κ2) is 9.09. The highest BCUT2D eigenvalue weighted by atomic mass is 35.5. The Morgan fingerprint density at radius 2 is 2.00 bits per heavy atom. The molecule has 1 amide bonds. The Bertz CT molecular complexity index is 1260. The average Bonchev–Trinajstić information content (AvgIpc) is 3.09. The van der Waals surface area contributed by atoms with E-state index in [-0.39, 0.29) is 21.5 Å². The molecule has 0 bridgehead atoms. The van der Waals surface area contributed by atoms with Crippen molar-refractivity contribution in [2.24, 2.45) is 0 Å². The highest BCUT2D eigenvalue weighted by molar-refractivity contribution is 7.91. The molecule has 0 aliphatic carbocycles. The summed E-state index contributed by atoms with van der Waals surface area (Å²) < 4.78 is 54.9. The number of rotatable bonds is 7. The van der Waals surface area contributed by atoms with Gasteiger partial charge >= 0.3 is 10.1 Å². The van der Waals surface area contributed by atoms with Gasteiger partial charge in [0.2, 0.25) is 15.0 Å². The average molecular weight is 491 g/mol. The van der Waals surface area contributed by atoms with Gasteiger partial charge in [0.15, 0.2) is 5.75 Å². The van der Waals surface area contributed by atoms with Gasteiger partial charge in [-0.2, -0.15) is 23.0 Å². The number of halogens is 1. The summed E-state index contributed by atoms with van der Waals surface area (Å²) in [6.07, 6.45) is 2.07. The van der Waals surface area contributed by atoms with Crippen LogP contribution in [-0.2, 0) is 24.7 Å². The first-order valence-corrected chi connectivity index (χ1v) is 12.5. The van der Waals surface area contributed by atoms with Gasteiger partial charge in [-0.25, -0.2) is 8.42 Å². The van der Waals surface area contributed by atoms with Gasteiger partial charge in [0, 0.05) is 11.5 Å². The molecule has 0 atom stereocenters. The molecular formula is C16H15ClN4O6S3. The van der Waals surface area contributed by atoms with Crippen molar-refractivity contribution in [1.29, 1.82) is 5.26 Å². The largest absolute Gasteiger partial charge is 0.381 e. The third-order valence-electron chi connectivity index (χ3n) is 3.38. The summed E-state index contributed by atoms with van der Waals surface area (Å²) in [5.74, 6) is -0.943. The lowest BCUT2D eigenvalue weighted by Crippen LogP contribution is -2.16. The van der Waals surface area contributed by atoms with E-state index in [0.717, 1.165) is 6.26 Å². The molecule has 10 nitrogen and oxygen atoms in total. The van der Waals surface area contributed by atoms with Gasteiger partial charge in [-0.1, -0.05) is 17.7 Å². The number of amides is 1. The fraction of sp³-hybridized carbons (Fsp3) is 0.250. The molecular weight excluding hydrogens is 476 g/mol. The van der Waals surface area contributed by atoms with Crippen LogP contribution in [-0.4, -0.2) is 43.6 Å². The predicted molar refractivity (Wildman–Crippen MR) is 111 cm³/mol. The van der Waals surface area contributed by atoms with Gasteiger partial charge in [0.05, 0.1) is 16.5 Å². The van der Waals surface area contributed by atoms with Crippen LogP contribution in [0.25, 0.3) is 6.08 Å². The van der Waals surface area contributed by atoms with Crippen molar-refractivity contribution in [2.75, 3.05) is 11.6 Å². The van der Waals surface area contributed by atoms with Crippen LogP contribution in [0, 0.1) is 11.3 Å². The lowest BCUT2D eigenvalue weighted by Gasteiger charge is -2.06. The fourth-order valence-corrected chi connectivity index (χ4v) is 4.35. The Morgan fingerprint density at radius 3 is 2.53 bits per heavy atom. The maximum Gasteiger partial charge on any atom is 0.306 e. The van der Waals surface area contributed by atoms with Crippen molar-refractivity contribution in [3.8, 4) is 11.8 Å². The third-order valence-corrected chi connectivity index (χ3v) is 6.83. The van der Waals surface area contributed by atoms with Crippen molar-refractivity contribution >= 4 is 60.2 Å². The van der Waals surface area contributed by atoms with E-state index in [2.05, 4.69) is 14.7 Å². The summed E-state index contributed by atoms with van der Waals surface area (Å²) in [6, 6.07) is 5.70. The smallest absolute Gasteiger partial charge is 0.306 e. The molecule has 1 heterocycles. The Morgan fingerprint density at radius 1 is 1.33 bits per heavy atom. The van der Waals surface area contributed by atoms with E-state index >= 15 is 0 Å². The first kappa shape index (κ1) is 23.7. The molecule has 0 saturated heterocycles. The van der Waals surface area contributed by atoms with Crippen molar-refractivity contribution in [1.82, 2.24) is 9.36 Å². The van der Waals surface area contributed by atoms with Gasteiger partial charge in [0.25, 0.3) is 11.1 Å². The first-order chi connectivity index (χ1) is 13.8. The number of aromatic nitrogens is 2. The number of benzene rings is 1. The number of carbonyl (C=O) groups excluding carboxylic acids is 1. The number of hydrogen-bond donors (Lipinski definition) is 1. The van der Waals surface area contributed by atoms with Crippen molar-refractivity contribution in [2.45, 2.75) is 24.3 Å². The zero-order valence-electron chi connectivity index (χ0n) is 15.8. The van der Waals surface area contributed by atoms with Crippen LogP contribution in [0.5, 0.6) is 5.75 Å². The molecule has 0 fully saturated rings. The second-order valence-corrected chi connectivity index (χ2v) is 11.2. The predicted octanol–water partition coefficient (Wildman–Crippen LogP) is 2.26. The SMILES string of the molecule is CC(C)S(=O)(=O)c1nsc(NC(=O)/C(C#N)=C\c2ccc(OS(C)(=O)=O)c(Cl)c2)n1. The van der Waals surface area contributed by atoms with E-state index in [4.69, 9.17) is 15.8 Å². The Hall–Kier alpha value is -2.53. The Balaban J connectivity index is 2.23. The first-order valence-electron chi connectivity index (χ1n) is 8.03. The van der Waals surface area contributed by atoms with E-state index in [9.17, 15) is 26.9 Å². The van der Waals surface area contributed by atoms with Gasteiger partial charge < -0.3 is 4.18 Å². The number of anilines is 1. The molecule has 0 spiro atoms. The topological polar surface area (TPSA) is 156 Å². The minimum Gasteiger partial charge on any atom is -0.381 e. The number of nitrogens with zero attached hydrogens (tertiary/aromatic N) is 3. The number of hydrogen-bond acceptors (Lipinski definition) is 10. The lowest BCUT2D eigenvalue weighted by molar-refractivity contribution is -0.112. The van der Waals surface area contributed by atoms with E-state index in [1.807, 2.05) is 0 Å². The Kier molecular flexibility index (Phi) is 7.19. The lowest BCUT2D eigenvalue weighted by atomic mass is 10.1. The molecule has 2 rings (SSSR count). The summed E-state index contributed by atoms with van der Waals surface area (Å²) in [7, 11) is -7.47. The molecule has 14 heteroatoms. The summed E-state index contributed by atoms with van der Waals surface area (Å²) in [5.41, 5.74) is -0.000737. The van der Waals surface area contributed by atoms with Crippen LogP contribution < -0.4 is 9.50 Å². The maximum atomic E-state index is 12.3. The van der Waals surface area contributed by atoms with Crippen LogP contribution in [0.1, 0.15) is 19.4 Å². The zero-order chi connectivity index (χ0) is 22.7. The molecule has 1 N–H and O–H groups in total. The molecule has 1 aromatic heterocycles. The quantitative estimate of drug-likeness (QED) is 0.349.